The van der Waals surface area contributed by atoms with Crippen LogP contribution in [0.5, 0.6) is 11.5 Å². The van der Waals surface area contributed by atoms with Crippen LogP contribution in [0.1, 0.15) is 22.2 Å². The monoisotopic (exact) mass is 347 g/mol. The Morgan fingerprint density at radius 3 is 2.42 bits per heavy atom. The van der Waals surface area contributed by atoms with Crippen molar-refractivity contribution >= 4 is 17.3 Å². The van der Waals surface area contributed by atoms with Gasteiger partial charge in [0.25, 0.3) is 0 Å². The molecule has 24 heavy (non-hydrogen) atoms. The van der Waals surface area contributed by atoms with Crippen LogP contribution < -0.4 is 20.1 Å². The van der Waals surface area contributed by atoms with E-state index in [1.54, 1.807) is 21.3 Å². The fourth-order valence-electron chi connectivity index (χ4n) is 2.37. The van der Waals surface area contributed by atoms with E-state index in [4.69, 9.17) is 9.47 Å². The number of aliphatic imine (C=N–C) groups is 1. The van der Waals surface area contributed by atoms with Crippen LogP contribution in [0.25, 0.3) is 0 Å². The van der Waals surface area contributed by atoms with E-state index < -0.39 is 0 Å². The van der Waals surface area contributed by atoms with Gasteiger partial charge in [0.2, 0.25) is 0 Å². The molecule has 0 bridgehead atoms. The molecule has 0 saturated heterocycles. The molecule has 130 valence electrons. The fraction of sp³-hybridized carbons (Fsp3) is 0.389. The molecule has 0 unspecified atom stereocenters. The summed E-state index contributed by atoms with van der Waals surface area (Å²) in [5.74, 6) is 2.23. The third-order valence-electron chi connectivity index (χ3n) is 3.65. The number of nitrogens with zero attached hydrogens (tertiary/aromatic N) is 1. The number of guanidine groups is 1. The second-order valence-corrected chi connectivity index (χ2v) is 6.41. The number of ether oxygens (including phenoxy) is 2. The average molecular weight is 347 g/mol. The van der Waals surface area contributed by atoms with Crippen LogP contribution in [0.15, 0.2) is 35.3 Å². The summed E-state index contributed by atoms with van der Waals surface area (Å²) in [6.07, 6.45) is 1.08. The van der Waals surface area contributed by atoms with Crippen LogP contribution >= 0.6 is 11.3 Å². The number of rotatable bonds is 7. The van der Waals surface area contributed by atoms with Crippen LogP contribution in [-0.4, -0.2) is 27.2 Å². The van der Waals surface area contributed by atoms with Crippen molar-refractivity contribution < 1.29 is 9.47 Å². The molecule has 0 aliphatic rings. The second kappa shape index (κ2) is 9.17. The molecule has 1 aromatic heterocycles. The van der Waals surface area contributed by atoms with Crippen LogP contribution in [0, 0.1) is 0 Å². The Hall–Kier alpha value is -2.21. The highest BCUT2D eigenvalue weighted by molar-refractivity contribution is 7.11. The first-order valence-corrected chi connectivity index (χ1v) is 8.75. The third-order valence-corrected chi connectivity index (χ3v) is 4.88. The topological polar surface area (TPSA) is 54.9 Å². The highest BCUT2D eigenvalue weighted by Gasteiger charge is 2.10. The molecule has 2 aromatic rings. The van der Waals surface area contributed by atoms with Crippen molar-refractivity contribution in [2.45, 2.75) is 26.4 Å². The molecule has 2 N–H and O–H groups in total. The smallest absolute Gasteiger partial charge is 0.191 e. The van der Waals surface area contributed by atoms with Crippen molar-refractivity contribution in [1.82, 2.24) is 10.6 Å². The Morgan fingerprint density at radius 1 is 1.04 bits per heavy atom. The molecular formula is C18H25N3O2S. The molecule has 0 saturated carbocycles. The lowest BCUT2D eigenvalue weighted by atomic mass is 10.2. The minimum absolute atomic E-state index is 0.602. The summed E-state index contributed by atoms with van der Waals surface area (Å²) in [7, 11) is 5.06. The molecule has 0 atom stereocenters. The van der Waals surface area contributed by atoms with Gasteiger partial charge in [-0.25, -0.2) is 0 Å². The molecule has 2 rings (SSSR count). The number of nitrogens with one attached hydrogen (secondary N) is 2. The average Bonchev–Trinajstić information content (AvgIpc) is 3.09. The molecule has 0 aliphatic heterocycles. The lowest BCUT2D eigenvalue weighted by Gasteiger charge is -2.15. The molecule has 0 radical (unpaired) electrons. The Balaban J connectivity index is 1.94. The molecule has 0 spiro atoms. The standard InChI is InChI=1S/C18H25N3O2S/c1-5-14-9-10-15(24-14)12-21-18(19-2)20-11-13-7-6-8-16(22-3)17(13)23-4/h6-10H,5,11-12H2,1-4H3,(H2,19,20,21). The molecule has 1 heterocycles. The van der Waals surface area contributed by atoms with Crippen LogP contribution in [-0.2, 0) is 19.5 Å². The summed E-state index contributed by atoms with van der Waals surface area (Å²) in [5, 5.41) is 6.65. The number of hydrogen-bond acceptors (Lipinski definition) is 4. The summed E-state index contributed by atoms with van der Waals surface area (Å²) < 4.78 is 10.8. The highest BCUT2D eigenvalue weighted by Crippen LogP contribution is 2.30. The van der Waals surface area contributed by atoms with E-state index in [9.17, 15) is 0 Å². The molecule has 0 aliphatic carbocycles. The lowest BCUT2D eigenvalue weighted by molar-refractivity contribution is 0.351. The maximum atomic E-state index is 5.45. The maximum Gasteiger partial charge on any atom is 0.191 e. The summed E-state index contributed by atoms with van der Waals surface area (Å²) in [6.45, 7) is 3.54. The summed E-state index contributed by atoms with van der Waals surface area (Å²) in [6, 6.07) is 10.2. The Labute approximate surface area is 147 Å². The van der Waals surface area contributed by atoms with E-state index in [1.807, 2.05) is 29.5 Å². The predicted molar refractivity (Wildman–Crippen MR) is 100 cm³/mol. The van der Waals surface area contributed by atoms with Gasteiger partial charge in [0.1, 0.15) is 0 Å². The van der Waals surface area contributed by atoms with Crippen molar-refractivity contribution in [1.29, 1.82) is 0 Å². The van der Waals surface area contributed by atoms with E-state index >= 15 is 0 Å². The SMILES string of the molecule is CCc1ccc(CNC(=NC)NCc2cccc(OC)c2OC)s1. The van der Waals surface area contributed by atoms with E-state index in [0.29, 0.717) is 6.54 Å². The first-order valence-electron chi connectivity index (χ1n) is 7.93. The molecule has 0 fully saturated rings. The first-order chi connectivity index (χ1) is 11.7. The largest absolute Gasteiger partial charge is 0.493 e. The van der Waals surface area contributed by atoms with Gasteiger partial charge < -0.3 is 20.1 Å². The van der Waals surface area contributed by atoms with Crippen molar-refractivity contribution in [3.63, 3.8) is 0 Å². The second-order valence-electron chi connectivity index (χ2n) is 5.15. The minimum Gasteiger partial charge on any atom is -0.493 e. The van der Waals surface area contributed by atoms with E-state index in [1.165, 1.54) is 9.75 Å². The van der Waals surface area contributed by atoms with Gasteiger partial charge in [0, 0.05) is 28.9 Å². The molecule has 6 heteroatoms. The van der Waals surface area contributed by atoms with Crippen molar-refractivity contribution in [3.8, 4) is 11.5 Å². The lowest BCUT2D eigenvalue weighted by Crippen LogP contribution is -2.36. The molecule has 0 amide bonds. The van der Waals surface area contributed by atoms with Gasteiger partial charge in [-0.3, -0.25) is 4.99 Å². The number of para-hydroxylation sites is 1. The fourth-order valence-corrected chi connectivity index (χ4v) is 3.27. The number of benzene rings is 1. The number of aryl methyl sites for hydroxylation is 1. The van der Waals surface area contributed by atoms with Gasteiger partial charge in [-0.2, -0.15) is 0 Å². The van der Waals surface area contributed by atoms with Gasteiger partial charge in [-0.15, -0.1) is 11.3 Å². The number of hydrogen-bond donors (Lipinski definition) is 2. The van der Waals surface area contributed by atoms with Gasteiger partial charge in [0.15, 0.2) is 17.5 Å². The Bertz CT molecular complexity index is 683. The third kappa shape index (κ3) is 4.64. The number of thiophene rings is 1. The zero-order valence-electron chi connectivity index (χ0n) is 14.7. The van der Waals surface area contributed by atoms with Gasteiger partial charge in [0.05, 0.1) is 20.8 Å². The van der Waals surface area contributed by atoms with Crippen LogP contribution in [0.3, 0.4) is 0 Å². The highest BCUT2D eigenvalue weighted by atomic mass is 32.1. The van der Waals surface area contributed by atoms with Gasteiger partial charge in [-0.1, -0.05) is 19.1 Å². The van der Waals surface area contributed by atoms with E-state index in [2.05, 4.69) is 34.7 Å². The van der Waals surface area contributed by atoms with Crippen molar-refractivity contribution in [2.75, 3.05) is 21.3 Å². The summed E-state index contributed by atoms with van der Waals surface area (Å²) in [5.41, 5.74) is 1.02. The normalized spacial score (nSPS) is 11.2. The molecular weight excluding hydrogens is 322 g/mol. The Kier molecular flexibility index (Phi) is 6.93. The molecule has 5 nitrogen and oxygen atoms in total. The summed E-state index contributed by atoms with van der Waals surface area (Å²) >= 11 is 1.83. The summed E-state index contributed by atoms with van der Waals surface area (Å²) in [4.78, 5) is 6.97. The van der Waals surface area contributed by atoms with Crippen LogP contribution in [0.4, 0.5) is 0 Å². The quantitative estimate of drug-likeness (QED) is 0.597. The van der Waals surface area contributed by atoms with Gasteiger partial charge >= 0.3 is 0 Å². The first kappa shape index (κ1) is 18.1. The molecule has 1 aromatic carbocycles. The zero-order chi connectivity index (χ0) is 17.4. The maximum absolute atomic E-state index is 5.45. The zero-order valence-corrected chi connectivity index (χ0v) is 15.5. The van der Waals surface area contributed by atoms with E-state index in [0.717, 1.165) is 36.0 Å². The van der Waals surface area contributed by atoms with Crippen molar-refractivity contribution in [3.05, 3.63) is 45.6 Å². The van der Waals surface area contributed by atoms with Crippen molar-refractivity contribution in [2.24, 2.45) is 4.99 Å². The predicted octanol–water partition coefficient (Wildman–Crippen LogP) is 3.19. The van der Waals surface area contributed by atoms with Crippen LogP contribution in [0.2, 0.25) is 0 Å². The van der Waals surface area contributed by atoms with Gasteiger partial charge in [-0.05, 0) is 24.6 Å². The van der Waals surface area contributed by atoms with E-state index in [-0.39, 0.29) is 0 Å². The Morgan fingerprint density at radius 2 is 1.79 bits per heavy atom. The number of methoxy groups -OCH3 is 2. The minimum atomic E-state index is 0.602.